The second kappa shape index (κ2) is 4.83. The molecule has 2 heteroatoms. The average molecular weight is 170 g/mol. The van der Waals surface area contributed by atoms with E-state index in [2.05, 4.69) is 30.6 Å². The van der Waals surface area contributed by atoms with Crippen molar-refractivity contribution in [1.82, 2.24) is 9.80 Å². The van der Waals surface area contributed by atoms with Crippen LogP contribution in [0.15, 0.2) is 0 Å². The summed E-state index contributed by atoms with van der Waals surface area (Å²) in [4.78, 5) is 5.12. The van der Waals surface area contributed by atoms with Gasteiger partial charge in [-0.3, -0.25) is 4.90 Å². The molecule has 72 valence electrons. The molecule has 0 atom stereocenters. The van der Waals surface area contributed by atoms with Crippen LogP contribution in [0.1, 0.15) is 27.2 Å². The van der Waals surface area contributed by atoms with Gasteiger partial charge in [0.15, 0.2) is 0 Å². The van der Waals surface area contributed by atoms with Gasteiger partial charge in [-0.2, -0.15) is 0 Å². The molecule has 1 aliphatic rings. The topological polar surface area (TPSA) is 6.48 Å². The number of rotatable bonds is 2. The predicted molar refractivity (Wildman–Crippen MR) is 53.4 cm³/mol. The Morgan fingerprint density at radius 3 is 2.42 bits per heavy atom. The Labute approximate surface area is 76.5 Å². The Hall–Kier alpha value is -0.0800. The average Bonchev–Trinajstić information content (AvgIpc) is 2.28. The minimum atomic E-state index is 0.724. The van der Waals surface area contributed by atoms with Crippen LogP contribution in [0, 0.1) is 0 Å². The van der Waals surface area contributed by atoms with Crippen LogP contribution in [0.4, 0.5) is 0 Å². The highest BCUT2D eigenvalue weighted by Gasteiger charge is 2.14. The summed E-state index contributed by atoms with van der Waals surface area (Å²) < 4.78 is 0. The first kappa shape index (κ1) is 10.0. The van der Waals surface area contributed by atoms with E-state index in [1.807, 2.05) is 0 Å². The Balaban J connectivity index is 2.34. The monoisotopic (exact) mass is 170 g/mol. The molecule has 0 unspecified atom stereocenters. The molecule has 1 fully saturated rings. The zero-order valence-electron chi connectivity index (χ0n) is 8.71. The normalized spacial score (nSPS) is 23.0. The zero-order valence-corrected chi connectivity index (χ0v) is 8.71. The van der Waals surface area contributed by atoms with Gasteiger partial charge in [0.25, 0.3) is 0 Å². The van der Waals surface area contributed by atoms with Crippen molar-refractivity contribution >= 4 is 0 Å². The quantitative estimate of drug-likeness (QED) is 0.618. The molecule has 1 heterocycles. The van der Waals surface area contributed by atoms with Crippen molar-refractivity contribution in [2.45, 2.75) is 33.2 Å². The lowest BCUT2D eigenvalue weighted by molar-refractivity contribution is 0.223. The molecule has 0 aliphatic carbocycles. The van der Waals surface area contributed by atoms with Crippen LogP contribution in [0.2, 0.25) is 0 Å². The molecule has 0 bridgehead atoms. The summed E-state index contributed by atoms with van der Waals surface area (Å²) in [5, 5.41) is 0. The van der Waals surface area contributed by atoms with Crippen LogP contribution in [-0.2, 0) is 0 Å². The summed E-state index contributed by atoms with van der Waals surface area (Å²) in [6, 6.07) is 0.724. The third kappa shape index (κ3) is 2.76. The van der Waals surface area contributed by atoms with Crippen molar-refractivity contribution in [1.29, 1.82) is 0 Å². The molecular formula is C10H22N2. The summed E-state index contributed by atoms with van der Waals surface area (Å²) in [5.41, 5.74) is 0. The molecule has 0 radical (unpaired) electrons. The molecule has 0 aromatic heterocycles. The third-order valence-electron chi connectivity index (χ3n) is 2.80. The highest BCUT2D eigenvalue weighted by atomic mass is 15.2. The van der Waals surface area contributed by atoms with Gasteiger partial charge >= 0.3 is 0 Å². The fourth-order valence-corrected chi connectivity index (χ4v) is 1.82. The van der Waals surface area contributed by atoms with E-state index in [-0.39, 0.29) is 0 Å². The SMILES string of the molecule is CCN1CCCN(C(C)C)CC1. The maximum Gasteiger partial charge on any atom is 0.0112 e. The first-order chi connectivity index (χ1) is 5.74. The molecule has 0 amide bonds. The second-order valence-corrected chi connectivity index (χ2v) is 3.92. The smallest absolute Gasteiger partial charge is 0.0112 e. The summed E-state index contributed by atoms with van der Waals surface area (Å²) in [7, 11) is 0. The molecule has 0 aromatic carbocycles. The fraction of sp³-hybridized carbons (Fsp3) is 1.00. The lowest BCUT2D eigenvalue weighted by atomic mass is 10.3. The molecule has 1 saturated heterocycles. The van der Waals surface area contributed by atoms with Gasteiger partial charge in [-0.25, -0.2) is 0 Å². The lowest BCUT2D eigenvalue weighted by Crippen LogP contribution is -2.35. The first-order valence-corrected chi connectivity index (χ1v) is 5.20. The van der Waals surface area contributed by atoms with Crippen LogP contribution in [0.3, 0.4) is 0 Å². The largest absolute Gasteiger partial charge is 0.302 e. The Morgan fingerprint density at radius 1 is 1.08 bits per heavy atom. The zero-order chi connectivity index (χ0) is 8.97. The minimum absolute atomic E-state index is 0.724. The van der Waals surface area contributed by atoms with Gasteiger partial charge in [0.05, 0.1) is 0 Å². The Kier molecular flexibility index (Phi) is 4.02. The molecule has 1 rings (SSSR count). The van der Waals surface area contributed by atoms with Crippen LogP contribution < -0.4 is 0 Å². The van der Waals surface area contributed by atoms with Crippen molar-refractivity contribution < 1.29 is 0 Å². The van der Waals surface area contributed by atoms with E-state index in [4.69, 9.17) is 0 Å². The maximum absolute atomic E-state index is 2.58. The summed E-state index contributed by atoms with van der Waals surface area (Å²) in [6.07, 6.45) is 1.34. The lowest BCUT2D eigenvalue weighted by Gasteiger charge is -2.24. The minimum Gasteiger partial charge on any atom is -0.302 e. The van der Waals surface area contributed by atoms with Gasteiger partial charge in [0.1, 0.15) is 0 Å². The summed E-state index contributed by atoms with van der Waals surface area (Å²) >= 11 is 0. The molecule has 2 nitrogen and oxygen atoms in total. The van der Waals surface area contributed by atoms with Gasteiger partial charge in [0.2, 0.25) is 0 Å². The molecule has 1 aliphatic heterocycles. The van der Waals surface area contributed by atoms with E-state index in [1.165, 1.54) is 39.1 Å². The Morgan fingerprint density at radius 2 is 1.83 bits per heavy atom. The summed E-state index contributed by atoms with van der Waals surface area (Å²) in [5.74, 6) is 0. The van der Waals surface area contributed by atoms with Crippen molar-refractivity contribution in [2.24, 2.45) is 0 Å². The molecule has 0 N–H and O–H groups in total. The van der Waals surface area contributed by atoms with Gasteiger partial charge < -0.3 is 4.90 Å². The molecular weight excluding hydrogens is 148 g/mol. The van der Waals surface area contributed by atoms with E-state index in [0.29, 0.717) is 0 Å². The third-order valence-corrected chi connectivity index (χ3v) is 2.80. The fourth-order valence-electron chi connectivity index (χ4n) is 1.82. The molecule has 0 saturated carbocycles. The molecule has 12 heavy (non-hydrogen) atoms. The van der Waals surface area contributed by atoms with Crippen molar-refractivity contribution in [3.63, 3.8) is 0 Å². The highest BCUT2D eigenvalue weighted by Crippen LogP contribution is 2.05. The van der Waals surface area contributed by atoms with Gasteiger partial charge in [-0.15, -0.1) is 0 Å². The first-order valence-electron chi connectivity index (χ1n) is 5.20. The van der Waals surface area contributed by atoms with Crippen LogP contribution in [0.25, 0.3) is 0 Å². The van der Waals surface area contributed by atoms with Crippen molar-refractivity contribution in [3.8, 4) is 0 Å². The van der Waals surface area contributed by atoms with Crippen LogP contribution >= 0.6 is 0 Å². The van der Waals surface area contributed by atoms with E-state index < -0.39 is 0 Å². The van der Waals surface area contributed by atoms with Crippen LogP contribution in [0.5, 0.6) is 0 Å². The van der Waals surface area contributed by atoms with Crippen LogP contribution in [-0.4, -0.2) is 48.6 Å². The van der Waals surface area contributed by atoms with Gasteiger partial charge in [-0.05, 0) is 39.9 Å². The highest BCUT2D eigenvalue weighted by molar-refractivity contribution is 4.70. The van der Waals surface area contributed by atoms with Crippen molar-refractivity contribution in [2.75, 3.05) is 32.7 Å². The molecule has 0 aromatic rings. The van der Waals surface area contributed by atoms with Gasteiger partial charge in [-0.1, -0.05) is 6.92 Å². The number of hydrogen-bond acceptors (Lipinski definition) is 2. The maximum atomic E-state index is 2.58. The van der Waals surface area contributed by atoms with Crippen molar-refractivity contribution in [3.05, 3.63) is 0 Å². The van der Waals surface area contributed by atoms with E-state index >= 15 is 0 Å². The van der Waals surface area contributed by atoms with E-state index in [1.54, 1.807) is 0 Å². The predicted octanol–water partition coefficient (Wildman–Crippen LogP) is 1.42. The van der Waals surface area contributed by atoms with E-state index in [0.717, 1.165) is 6.04 Å². The van der Waals surface area contributed by atoms with E-state index in [9.17, 15) is 0 Å². The molecule has 0 spiro atoms. The standard InChI is InChI=1S/C10H22N2/c1-4-11-6-5-7-12(9-8-11)10(2)3/h10H,4-9H2,1-3H3. The number of nitrogens with zero attached hydrogens (tertiary/aromatic N) is 2. The van der Waals surface area contributed by atoms with Gasteiger partial charge in [0, 0.05) is 19.1 Å². The number of hydrogen-bond donors (Lipinski definition) is 0. The second-order valence-electron chi connectivity index (χ2n) is 3.92. The summed E-state index contributed by atoms with van der Waals surface area (Å²) in [6.45, 7) is 13.1. The number of likely N-dealkylation sites (N-methyl/N-ethyl adjacent to an activating group) is 1. The Bertz CT molecular complexity index is 123.